The molecule has 0 saturated heterocycles. The van der Waals surface area contributed by atoms with Gasteiger partial charge in [0.05, 0.1) is 12.7 Å². The maximum atomic E-state index is 12.3. The highest BCUT2D eigenvalue weighted by molar-refractivity contribution is 6.30. The van der Waals surface area contributed by atoms with E-state index in [1.165, 1.54) is 12.4 Å². The molecule has 0 saturated carbocycles. The van der Waals surface area contributed by atoms with Crippen molar-refractivity contribution in [1.82, 2.24) is 9.97 Å². The van der Waals surface area contributed by atoms with Crippen molar-refractivity contribution in [2.24, 2.45) is 0 Å². The topological polar surface area (TPSA) is 76.1 Å². The first-order valence-corrected chi connectivity index (χ1v) is 7.82. The Bertz CT molecular complexity index is 884. The highest BCUT2D eigenvalue weighted by Gasteiger charge is 2.08. The maximum Gasteiger partial charge on any atom is 0.258 e. The van der Waals surface area contributed by atoms with Gasteiger partial charge in [0.15, 0.2) is 0 Å². The molecular formula is C18H15ClN4O2. The first kappa shape index (κ1) is 16.7. The molecule has 0 bridgehead atoms. The third kappa shape index (κ3) is 4.45. The predicted molar refractivity (Wildman–Crippen MR) is 97.7 cm³/mol. The van der Waals surface area contributed by atoms with Crippen LogP contribution in [0.2, 0.25) is 5.02 Å². The summed E-state index contributed by atoms with van der Waals surface area (Å²) in [6.07, 6.45) is 2.91. The van der Waals surface area contributed by atoms with Gasteiger partial charge in [-0.15, -0.1) is 0 Å². The van der Waals surface area contributed by atoms with Gasteiger partial charge in [0, 0.05) is 34.9 Å². The summed E-state index contributed by atoms with van der Waals surface area (Å²) in [4.78, 5) is 20.6. The molecule has 0 aliphatic heterocycles. The van der Waals surface area contributed by atoms with E-state index in [9.17, 15) is 4.79 Å². The molecular weight excluding hydrogens is 340 g/mol. The Morgan fingerprint density at radius 1 is 1.04 bits per heavy atom. The quantitative estimate of drug-likeness (QED) is 0.720. The highest BCUT2D eigenvalue weighted by Crippen LogP contribution is 2.19. The van der Waals surface area contributed by atoms with E-state index in [2.05, 4.69) is 20.6 Å². The van der Waals surface area contributed by atoms with Crippen LogP contribution in [0, 0.1) is 0 Å². The van der Waals surface area contributed by atoms with Gasteiger partial charge in [-0.1, -0.05) is 23.7 Å². The molecule has 0 radical (unpaired) electrons. The molecule has 1 amide bonds. The van der Waals surface area contributed by atoms with Crippen LogP contribution in [0.15, 0.2) is 60.9 Å². The molecule has 3 aromatic rings. The summed E-state index contributed by atoms with van der Waals surface area (Å²) in [5.74, 6) is 0.734. The van der Waals surface area contributed by atoms with Gasteiger partial charge in [0.1, 0.15) is 5.75 Å². The molecule has 0 spiro atoms. The Morgan fingerprint density at radius 3 is 2.48 bits per heavy atom. The van der Waals surface area contributed by atoms with E-state index in [-0.39, 0.29) is 5.91 Å². The summed E-state index contributed by atoms with van der Waals surface area (Å²) in [5.41, 5.74) is 1.74. The molecule has 0 aliphatic rings. The molecule has 1 aromatic heterocycles. The largest absolute Gasteiger partial charge is 0.497 e. The lowest BCUT2D eigenvalue weighted by molar-refractivity contribution is 0.102. The van der Waals surface area contributed by atoms with Crippen LogP contribution in [0.25, 0.3) is 0 Å². The monoisotopic (exact) mass is 354 g/mol. The van der Waals surface area contributed by atoms with Crippen molar-refractivity contribution in [3.63, 3.8) is 0 Å². The average Bonchev–Trinajstić information content (AvgIpc) is 2.62. The Balaban J connectivity index is 1.67. The van der Waals surface area contributed by atoms with Gasteiger partial charge in [-0.2, -0.15) is 0 Å². The van der Waals surface area contributed by atoms with Gasteiger partial charge in [-0.3, -0.25) is 4.79 Å². The number of nitrogens with one attached hydrogen (secondary N) is 2. The summed E-state index contributed by atoms with van der Waals surface area (Å²) >= 11 is 5.93. The standard InChI is InChI=1S/C18H15ClN4O2/c1-25-16-7-3-6-15(9-16)22-17(24)12-10-20-18(21-11-12)23-14-5-2-4-13(19)8-14/h2-11H,1H3,(H,22,24)(H,20,21,23). The van der Waals surface area contributed by atoms with E-state index < -0.39 is 0 Å². The summed E-state index contributed by atoms with van der Waals surface area (Å²) in [6, 6.07) is 14.3. The SMILES string of the molecule is COc1cccc(NC(=O)c2cnc(Nc3cccc(Cl)c3)nc2)c1. The number of benzene rings is 2. The zero-order chi connectivity index (χ0) is 17.6. The van der Waals surface area contributed by atoms with Gasteiger partial charge >= 0.3 is 0 Å². The van der Waals surface area contributed by atoms with Crippen molar-refractivity contribution in [2.45, 2.75) is 0 Å². The van der Waals surface area contributed by atoms with Gasteiger partial charge in [0.2, 0.25) is 5.95 Å². The molecule has 0 fully saturated rings. The van der Waals surface area contributed by atoms with Crippen LogP contribution in [0.5, 0.6) is 5.75 Å². The number of hydrogen-bond donors (Lipinski definition) is 2. The third-order valence-electron chi connectivity index (χ3n) is 3.32. The lowest BCUT2D eigenvalue weighted by Crippen LogP contribution is -2.13. The van der Waals surface area contributed by atoms with E-state index in [4.69, 9.17) is 16.3 Å². The lowest BCUT2D eigenvalue weighted by atomic mass is 10.2. The Labute approximate surface area is 149 Å². The second kappa shape index (κ2) is 7.63. The summed E-state index contributed by atoms with van der Waals surface area (Å²) in [7, 11) is 1.57. The van der Waals surface area contributed by atoms with E-state index in [0.717, 1.165) is 5.69 Å². The number of carbonyl (C=O) groups is 1. The van der Waals surface area contributed by atoms with Crippen LogP contribution in [-0.4, -0.2) is 23.0 Å². The number of halogens is 1. The van der Waals surface area contributed by atoms with Crippen LogP contribution >= 0.6 is 11.6 Å². The van der Waals surface area contributed by atoms with Crippen LogP contribution < -0.4 is 15.4 Å². The fourth-order valence-corrected chi connectivity index (χ4v) is 2.30. The second-order valence-electron chi connectivity index (χ2n) is 5.12. The molecule has 1 heterocycles. The molecule has 0 aliphatic carbocycles. The van der Waals surface area contributed by atoms with Crippen LogP contribution in [0.4, 0.5) is 17.3 Å². The number of methoxy groups -OCH3 is 1. The number of anilines is 3. The van der Waals surface area contributed by atoms with Gasteiger partial charge < -0.3 is 15.4 Å². The van der Waals surface area contributed by atoms with Crippen molar-refractivity contribution < 1.29 is 9.53 Å². The number of aromatic nitrogens is 2. The van der Waals surface area contributed by atoms with E-state index in [0.29, 0.717) is 28.0 Å². The molecule has 3 rings (SSSR count). The highest BCUT2D eigenvalue weighted by atomic mass is 35.5. The molecule has 7 heteroatoms. The molecule has 0 atom stereocenters. The Kier molecular flexibility index (Phi) is 5.11. The molecule has 25 heavy (non-hydrogen) atoms. The summed E-state index contributed by atoms with van der Waals surface area (Å²) in [5, 5.41) is 6.40. The molecule has 6 nitrogen and oxygen atoms in total. The molecule has 2 aromatic carbocycles. The van der Waals surface area contributed by atoms with Crippen molar-refractivity contribution in [3.05, 3.63) is 71.5 Å². The fourth-order valence-electron chi connectivity index (χ4n) is 2.11. The number of rotatable bonds is 5. The van der Waals surface area contributed by atoms with Gasteiger partial charge in [-0.25, -0.2) is 9.97 Å². The van der Waals surface area contributed by atoms with Crippen molar-refractivity contribution >= 4 is 34.8 Å². The minimum absolute atomic E-state index is 0.303. The number of amides is 1. The number of nitrogens with zero attached hydrogens (tertiary/aromatic N) is 2. The zero-order valence-corrected chi connectivity index (χ0v) is 14.1. The summed E-state index contributed by atoms with van der Waals surface area (Å²) < 4.78 is 5.13. The first-order valence-electron chi connectivity index (χ1n) is 7.44. The van der Waals surface area contributed by atoms with E-state index in [1.54, 1.807) is 43.5 Å². The van der Waals surface area contributed by atoms with Crippen LogP contribution in [-0.2, 0) is 0 Å². The van der Waals surface area contributed by atoms with E-state index >= 15 is 0 Å². The number of hydrogen-bond acceptors (Lipinski definition) is 5. The minimum Gasteiger partial charge on any atom is -0.497 e. The van der Waals surface area contributed by atoms with Gasteiger partial charge in [-0.05, 0) is 30.3 Å². The third-order valence-corrected chi connectivity index (χ3v) is 3.56. The average molecular weight is 355 g/mol. The minimum atomic E-state index is -0.303. The smallest absolute Gasteiger partial charge is 0.258 e. The second-order valence-corrected chi connectivity index (χ2v) is 5.55. The van der Waals surface area contributed by atoms with Crippen LogP contribution in [0.1, 0.15) is 10.4 Å². The van der Waals surface area contributed by atoms with Gasteiger partial charge in [0.25, 0.3) is 5.91 Å². The van der Waals surface area contributed by atoms with Crippen molar-refractivity contribution in [1.29, 1.82) is 0 Å². The zero-order valence-electron chi connectivity index (χ0n) is 13.4. The Morgan fingerprint density at radius 2 is 1.76 bits per heavy atom. The maximum absolute atomic E-state index is 12.3. The normalized spacial score (nSPS) is 10.2. The van der Waals surface area contributed by atoms with Crippen molar-refractivity contribution in [2.75, 3.05) is 17.7 Å². The number of carbonyl (C=O) groups excluding carboxylic acids is 1. The first-order chi connectivity index (χ1) is 12.1. The predicted octanol–water partition coefficient (Wildman–Crippen LogP) is 4.13. The Hall–Kier alpha value is -3.12. The molecule has 2 N–H and O–H groups in total. The lowest BCUT2D eigenvalue weighted by Gasteiger charge is -2.08. The summed E-state index contributed by atoms with van der Waals surface area (Å²) in [6.45, 7) is 0. The fraction of sp³-hybridized carbons (Fsp3) is 0.0556. The van der Waals surface area contributed by atoms with Crippen LogP contribution in [0.3, 0.4) is 0 Å². The number of ether oxygens (including phenoxy) is 1. The van der Waals surface area contributed by atoms with E-state index in [1.807, 2.05) is 12.1 Å². The molecule has 126 valence electrons. The van der Waals surface area contributed by atoms with Crippen molar-refractivity contribution in [3.8, 4) is 5.75 Å². The molecule has 0 unspecified atom stereocenters.